The fraction of sp³-hybridized carbons (Fsp3) is 0.562. The molecule has 110 valence electrons. The summed E-state index contributed by atoms with van der Waals surface area (Å²) in [4.78, 5) is 12.2. The van der Waals surface area contributed by atoms with E-state index in [1.807, 2.05) is 45.0 Å². The van der Waals surface area contributed by atoms with Crippen molar-refractivity contribution in [1.82, 2.24) is 10.6 Å². The van der Waals surface area contributed by atoms with Gasteiger partial charge in [-0.05, 0) is 45.9 Å². The first-order chi connectivity index (χ1) is 9.49. The predicted molar refractivity (Wildman–Crippen MR) is 79.9 cm³/mol. The van der Waals surface area contributed by atoms with E-state index in [4.69, 9.17) is 4.74 Å². The van der Waals surface area contributed by atoms with Gasteiger partial charge >= 0.3 is 0 Å². The molecule has 1 aliphatic rings. The van der Waals surface area contributed by atoms with E-state index in [0.717, 1.165) is 25.3 Å². The number of carbonyl (C=O) groups is 1. The molecule has 1 aliphatic heterocycles. The van der Waals surface area contributed by atoms with Gasteiger partial charge in [-0.1, -0.05) is 17.7 Å². The van der Waals surface area contributed by atoms with Crippen LogP contribution in [0.3, 0.4) is 0 Å². The van der Waals surface area contributed by atoms with Gasteiger partial charge in [0.05, 0.1) is 11.5 Å². The molecular formula is C16H24N2O2. The zero-order chi connectivity index (χ0) is 14.6. The maximum absolute atomic E-state index is 12.2. The van der Waals surface area contributed by atoms with Gasteiger partial charge in [0, 0.05) is 6.54 Å². The summed E-state index contributed by atoms with van der Waals surface area (Å²) in [6.07, 6.45) is 0.893. The lowest BCUT2D eigenvalue weighted by atomic mass is 9.88. The molecule has 20 heavy (non-hydrogen) atoms. The van der Waals surface area contributed by atoms with Gasteiger partial charge in [0.1, 0.15) is 12.4 Å². The van der Waals surface area contributed by atoms with Gasteiger partial charge in [0.15, 0.2) is 0 Å². The maximum atomic E-state index is 12.2. The van der Waals surface area contributed by atoms with Crippen molar-refractivity contribution >= 4 is 5.91 Å². The van der Waals surface area contributed by atoms with E-state index in [1.54, 1.807) is 0 Å². The molecule has 1 saturated heterocycles. The van der Waals surface area contributed by atoms with Crippen LogP contribution in [0.15, 0.2) is 24.3 Å². The Morgan fingerprint density at radius 3 is 2.75 bits per heavy atom. The van der Waals surface area contributed by atoms with Gasteiger partial charge in [-0.15, -0.1) is 0 Å². The number of rotatable bonds is 5. The Morgan fingerprint density at radius 2 is 2.15 bits per heavy atom. The standard InChI is InChI=1S/C16H24N2O2/c1-12-4-6-14(7-5-12)20-10-13(2)18-15(19)16(3)8-9-17-11-16/h4-7,13,17H,8-11H2,1-3H3,(H,18,19). The molecular weight excluding hydrogens is 252 g/mol. The second-order valence-electron chi connectivity index (χ2n) is 5.99. The van der Waals surface area contributed by atoms with Crippen molar-refractivity contribution in [3.8, 4) is 5.75 Å². The van der Waals surface area contributed by atoms with E-state index in [2.05, 4.69) is 10.6 Å². The number of ether oxygens (including phenoxy) is 1. The van der Waals surface area contributed by atoms with Gasteiger partial charge in [0.2, 0.25) is 5.91 Å². The van der Waals surface area contributed by atoms with Gasteiger partial charge in [-0.2, -0.15) is 0 Å². The molecule has 0 aliphatic carbocycles. The Kier molecular flexibility index (Phi) is 4.65. The van der Waals surface area contributed by atoms with E-state index in [1.165, 1.54) is 5.56 Å². The highest BCUT2D eigenvalue weighted by Gasteiger charge is 2.36. The molecule has 0 spiro atoms. The Bertz CT molecular complexity index is 450. The number of nitrogens with one attached hydrogen (secondary N) is 2. The van der Waals surface area contributed by atoms with E-state index in [9.17, 15) is 4.79 Å². The quantitative estimate of drug-likeness (QED) is 0.863. The third-order valence-corrected chi connectivity index (χ3v) is 3.82. The first-order valence-electron chi connectivity index (χ1n) is 7.21. The molecule has 1 aromatic rings. The van der Waals surface area contributed by atoms with E-state index in [-0.39, 0.29) is 17.4 Å². The minimum absolute atomic E-state index is 0.00114. The molecule has 2 atom stereocenters. The van der Waals surface area contributed by atoms with Gasteiger partial charge in [0.25, 0.3) is 0 Å². The van der Waals surface area contributed by atoms with Crippen LogP contribution in [0.2, 0.25) is 0 Å². The molecule has 0 bridgehead atoms. The molecule has 4 nitrogen and oxygen atoms in total. The van der Waals surface area contributed by atoms with Crippen molar-refractivity contribution in [3.63, 3.8) is 0 Å². The van der Waals surface area contributed by atoms with E-state index >= 15 is 0 Å². The summed E-state index contributed by atoms with van der Waals surface area (Å²) < 4.78 is 5.69. The van der Waals surface area contributed by atoms with Gasteiger partial charge in [-0.3, -0.25) is 4.79 Å². The first-order valence-corrected chi connectivity index (χ1v) is 7.21. The largest absolute Gasteiger partial charge is 0.491 e. The van der Waals surface area contributed by atoms with Crippen molar-refractivity contribution in [1.29, 1.82) is 0 Å². The normalized spacial score (nSPS) is 23.4. The lowest BCUT2D eigenvalue weighted by Crippen LogP contribution is -2.46. The average Bonchev–Trinajstić information content (AvgIpc) is 2.86. The number of aryl methyl sites for hydroxylation is 1. The van der Waals surface area contributed by atoms with Crippen LogP contribution in [-0.4, -0.2) is 31.6 Å². The molecule has 1 amide bonds. The Morgan fingerprint density at radius 1 is 1.45 bits per heavy atom. The SMILES string of the molecule is Cc1ccc(OCC(C)NC(=O)C2(C)CCNC2)cc1. The third-order valence-electron chi connectivity index (χ3n) is 3.82. The number of benzene rings is 1. The number of carbonyl (C=O) groups excluding carboxylic acids is 1. The topological polar surface area (TPSA) is 50.4 Å². The summed E-state index contributed by atoms with van der Waals surface area (Å²) in [5.41, 5.74) is 0.929. The van der Waals surface area contributed by atoms with E-state index < -0.39 is 0 Å². The smallest absolute Gasteiger partial charge is 0.227 e. The van der Waals surface area contributed by atoms with Crippen LogP contribution in [0.25, 0.3) is 0 Å². The Balaban J connectivity index is 1.79. The summed E-state index contributed by atoms with van der Waals surface area (Å²) in [5, 5.41) is 6.28. The minimum Gasteiger partial charge on any atom is -0.491 e. The fourth-order valence-electron chi connectivity index (χ4n) is 2.31. The van der Waals surface area contributed by atoms with Crippen LogP contribution < -0.4 is 15.4 Å². The van der Waals surface area contributed by atoms with Crippen molar-refractivity contribution in [2.75, 3.05) is 19.7 Å². The molecule has 1 fully saturated rings. The van der Waals surface area contributed by atoms with Crippen LogP contribution in [0.1, 0.15) is 25.8 Å². The van der Waals surface area contributed by atoms with Crippen molar-refractivity contribution < 1.29 is 9.53 Å². The lowest BCUT2D eigenvalue weighted by Gasteiger charge is -2.24. The zero-order valence-electron chi connectivity index (χ0n) is 12.5. The minimum atomic E-state index is -0.280. The first kappa shape index (κ1) is 14.9. The third kappa shape index (κ3) is 3.73. The number of hydrogen-bond donors (Lipinski definition) is 2. The highest BCUT2D eigenvalue weighted by Crippen LogP contribution is 2.24. The second-order valence-corrected chi connectivity index (χ2v) is 5.99. The molecule has 2 unspecified atom stereocenters. The fourth-order valence-corrected chi connectivity index (χ4v) is 2.31. The summed E-state index contributed by atoms with van der Waals surface area (Å²) in [7, 11) is 0. The van der Waals surface area contributed by atoms with Crippen LogP contribution in [0, 0.1) is 12.3 Å². The lowest BCUT2D eigenvalue weighted by molar-refractivity contribution is -0.130. The molecule has 2 N–H and O–H groups in total. The molecule has 0 aromatic heterocycles. The summed E-state index contributed by atoms with van der Waals surface area (Å²) in [5.74, 6) is 0.952. The number of amides is 1. The maximum Gasteiger partial charge on any atom is 0.227 e. The molecule has 2 rings (SSSR count). The average molecular weight is 276 g/mol. The van der Waals surface area contributed by atoms with Crippen LogP contribution in [0.5, 0.6) is 5.75 Å². The van der Waals surface area contributed by atoms with Crippen LogP contribution in [-0.2, 0) is 4.79 Å². The van der Waals surface area contributed by atoms with Crippen molar-refractivity contribution in [2.24, 2.45) is 5.41 Å². The molecule has 0 radical (unpaired) electrons. The van der Waals surface area contributed by atoms with Gasteiger partial charge in [-0.25, -0.2) is 0 Å². The predicted octanol–water partition coefficient (Wildman–Crippen LogP) is 1.88. The molecule has 4 heteroatoms. The summed E-state index contributed by atoms with van der Waals surface area (Å²) >= 11 is 0. The highest BCUT2D eigenvalue weighted by atomic mass is 16.5. The van der Waals surface area contributed by atoms with Gasteiger partial charge < -0.3 is 15.4 Å². The highest BCUT2D eigenvalue weighted by molar-refractivity contribution is 5.83. The number of hydrogen-bond acceptors (Lipinski definition) is 3. The molecule has 0 saturated carbocycles. The van der Waals surface area contributed by atoms with Crippen molar-refractivity contribution in [2.45, 2.75) is 33.2 Å². The monoisotopic (exact) mass is 276 g/mol. The summed E-state index contributed by atoms with van der Waals surface area (Å²) in [6, 6.07) is 7.94. The second kappa shape index (κ2) is 6.27. The van der Waals surface area contributed by atoms with Crippen molar-refractivity contribution in [3.05, 3.63) is 29.8 Å². The summed E-state index contributed by atoms with van der Waals surface area (Å²) in [6.45, 7) is 8.18. The van der Waals surface area contributed by atoms with E-state index in [0.29, 0.717) is 6.61 Å². The Labute approximate surface area is 120 Å². The van der Waals surface area contributed by atoms with Crippen LogP contribution >= 0.6 is 0 Å². The van der Waals surface area contributed by atoms with Crippen LogP contribution in [0.4, 0.5) is 0 Å². The zero-order valence-corrected chi connectivity index (χ0v) is 12.5. The molecule has 1 heterocycles. The Hall–Kier alpha value is -1.55. The molecule has 1 aromatic carbocycles.